The van der Waals surface area contributed by atoms with Gasteiger partial charge < -0.3 is 48.7 Å². The monoisotopic (exact) mass is 927 g/mol. The highest BCUT2D eigenvalue weighted by atomic mass is 79.9. The van der Waals surface area contributed by atoms with Crippen LogP contribution in [-0.4, -0.2) is 64.0 Å². The average molecular weight is 929 g/mol. The molecular formula is C50H46BrN3O10. The number of hydrogen-bond acceptors (Lipinski definition) is 11. The van der Waals surface area contributed by atoms with Crippen LogP contribution in [0.3, 0.4) is 0 Å². The summed E-state index contributed by atoms with van der Waals surface area (Å²) in [5.74, 6) is 4.25. The SMILES string of the molecule is CCOC(=O)c1ccccc1CBr.Nc1ccc2c(c1)OCCO2.O=C1c2ccccc2CN1c1ccc2c(c1)OCCO2.O=C1c2ccccc2CN1c1ccc2c(c1)OCCO2. The molecule has 6 aromatic carbocycles. The van der Waals surface area contributed by atoms with Crippen molar-refractivity contribution in [3.05, 3.63) is 161 Å². The van der Waals surface area contributed by atoms with Gasteiger partial charge in [-0.3, -0.25) is 9.59 Å². The van der Waals surface area contributed by atoms with Crippen molar-refractivity contribution in [2.24, 2.45) is 0 Å². The average Bonchev–Trinajstić information content (AvgIpc) is 3.87. The Labute approximate surface area is 379 Å². The molecule has 2 amide bonds. The van der Waals surface area contributed by atoms with Crippen LogP contribution in [0.2, 0.25) is 0 Å². The molecule has 13 nitrogen and oxygen atoms in total. The van der Waals surface area contributed by atoms with E-state index in [0.29, 0.717) is 87.4 Å². The summed E-state index contributed by atoms with van der Waals surface area (Å²) in [6.07, 6.45) is 0. The van der Waals surface area contributed by atoms with Gasteiger partial charge in [-0.1, -0.05) is 70.5 Å². The highest BCUT2D eigenvalue weighted by Gasteiger charge is 2.30. The van der Waals surface area contributed by atoms with Gasteiger partial charge in [-0.25, -0.2) is 4.79 Å². The van der Waals surface area contributed by atoms with Crippen LogP contribution in [0, 0.1) is 0 Å². The summed E-state index contributed by atoms with van der Waals surface area (Å²) in [6, 6.07) is 39.5. The second-order valence-corrected chi connectivity index (χ2v) is 15.2. The lowest BCUT2D eigenvalue weighted by Crippen LogP contribution is -2.23. The van der Waals surface area contributed by atoms with E-state index in [1.807, 2.05) is 109 Å². The number of ether oxygens (including phenoxy) is 7. The van der Waals surface area contributed by atoms with Gasteiger partial charge in [-0.05, 0) is 78.2 Å². The number of alkyl halides is 1. The van der Waals surface area contributed by atoms with Crippen LogP contribution in [0.25, 0.3) is 0 Å². The molecule has 0 fully saturated rings. The minimum Gasteiger partial charge on any atom is -0.486 e. The Balaban J connectivity index is 0.000000120. The van der Waals surface area contributed by atoms with Crippen LogP contribution in [-0.2, 0) is 23.2 Å². The summed E-state index contributed by atoms with van der Waals surface area (Å²) in [7, 11) is 0. The number of rotatable bonds is 5. The molecule has 0 radical (unpaired) electrons. The fourth-order valence-electron chi connectivity index (χ4n) is 7.43. The van der Waals surface area contributed by atoms with Crippen molar-refractivity contribution in [3.63, 3.8) is 0 Å². The second-order valence-electron chi connectivity index (χ2n) is 14.7. The van der Waals surface area contributed by atoms with Crippen LogP contribution in [0.15, 0.2) is 127 Å². The third-order valence-electron chi connectivity index (χ3n) is 10.5. The molecule has 14 heteroatoms. The maximum atomic E-state index is 12.4. The molecule has 0 saturated heterocycles. The number of benzene rings is 6. The number of carbonyl (C=O) groups excluding carboxylic acids is 3. The minimum atomic E-state index is -0.252. The van der Waals surface area contributed by atoms with E-state index < -0.39 is 0 Å². The Morgan fingerprint density at radius 3 is 1.45 bits per heavy atom. The predicted molar refractivity (Wildman–Crippen MR) is 246 cm³/mol. The third kappa shape index (κ3) is 9.87. The number of nitrogens with zero attached hydrogens (tertiary/aromatic N) is 2. The summed E-state index contributed by atoms with van der Waals surface area (Å²) in [5, 5.41) is 0.669. The maximum absolute atomic E-state index is 12.4. The van der Waals surface area contributed by atoms with E-state index in [1.165, 1.54) is 0 Å². The first-order chi connectivity index (χ1) is 31.3. The Morgan fingerprint density at radius 2 is 0.984 bits per heavy atom. The van der Waals surface area contributed by atoms with Crippen LogP contribution in [0.1, 0.15) is 54.7 Å². The maximum Gasteiger partial charge on any atom is 0.338 e. The standard InChI is InChI=1S/2C16H13NO3.C10H11BrO2.C8H9NO2/c2*18-16-13-4-2-1-3-11(13)10-17(16)12-5-6-14-15(9-12)20-8-7-19-14;1-2-13-10(12)9-6-4-3-5-8(9)7-11;9-6-1-2-7-8(5-6)11-4-3-10-7/h2*1-6,9H,7-8,10H2;3-6H,2,7H2,1H3;1-2,5H,3-4,9H2. The first-order valence-electron chi connectivity index (χ1n) is 20.9. The first kappa shape index (κ1) is 43.5. The van der Waals surface area contributed by atoms with E-state index in [-0.39, 0.29) is 17.8 Å². The van der Waals surface area contributed by atoms with Gasteiger partial charge in [0.25, 0.3) is 11.8 Å². The third-order valence-corrected chi connectivity index (χ3v) is 11.1. The number of carbonyl (C=O) groups is 3. The summed E-state index contributed by atoms with van der Waals surface area (Å²) in [4.78, 5) is 39.8. The summed E-state index contributed by atoms with van der Waals surface area (Å²) in [5.41, 5.74) is 13.2. The number of halogens is 1. The van der Waals surface area contributed by atoms with Gasteiger partial charge in [0.2, 0.25) is 0 Å². The summed E-state index contributed by atoms with van der Waals surface area (Å²) < 4.78 is 37.7. The smallest absolute Gasteiger partial charge is 0.338 e. The van der Waals surface area contributed by atoms with Gasteiger partial charge in [-0.2, -0.15) is 0 Å². The topological polar surface area (TPSA) is 148 Å². The van der Waals surface area contributed by atoms with Crippen LogP contribution in [0.5, 0.6) is 34.5 Å². The lowest BCUT2D eigenvalue weighted by atomic mass is 10.1. The molecule has 328 valence electrons. The molecule has 0 atom stereocenters. The molecule has 0 saturated carbocycles. The molecule has 0 unspecified atom stereocenters. The normalized spacial score (nSPS) is 14.6. The lowest BCUT2D eigenvalue weighted by Gasteiger charge is -2.22. The predicted octanol–water partition coefficient (Wildman–Crippen LogP) is 9.03. The Bertz CT molecular complexity index is 2530. The number of fused-ring (bicyclic) bond motifs is 5. The fourth-order valence-corrected chi connectivity index (χ4v) is 7.92. The highest BCUT2D eigenvalue weighted by Crippen LogP contribution is 2.38. The van der Waals surface area contributed by atoms with E-state index in [9.17, 15) is 14.4 Å². The van der Waals surface area contributed by atoms with Gasteiger partial charge in [0.1, 0.15) is 39.6 Å². The molecule has 6 aromatic rings. The molecule has 0 aromatic heterocycles. The van der Waals surface area contributed by atoms with E-state index in [4.69, 9.17) is 38.9 Å². The van der Waals surface area contributed by atoms with Crippen molar-refractivity contribution in [2.75, 3.05) is 61.8 Å². The summed E-state index contributed by atoms with van der Waals surface area (Å²) >= 11 is 3.32. The number of esters is 1. The van der Waals surface area contributed by atoms with Crippen molar-refractivity contribution in [3.8, 4) is 34.5 Å². The van der Waals surface area contributed by atoms with Gasteiger partial charge in [-0.15, -0.1) is 0 Å². The lowest BCUT2D eigenvalue weighted by molar-refractivity contribution is 0.0525. The van der Waals surface area contributed by atoms with Gasteiger partial charge in [0.05, 0.1) is 25.3 Å². The van der Waals surface area contributed by atoms with Crippen molar-refractivity contribution in [1.29, 1.82) is 0 Å². The van der Waals surface area contributed by atoms with Gasteiger partial charge >= 0.3 is 5.97 Å². The van der Waals surface area contributed by atoms with Crippen molar-refractivity contribution in [1.82, 2.24) is 0 Å². The largest absolute Gasteiger partial charge is 0.486 e. The van der Waals surface area contributed by atoms with Crippen LogP contribution < -0.4 is 44.0 Å². The van der Waals surface area contributed by atoms with Crippen LogP contribution in [0.4, 0.5) is 17.1 Å². The molecule has 5 heterocycles. The van der Waals surface area contributed by atoms with Gasteiger partial charge in [0, 0.05) is 51.7 Å². The molecule has 0 aliphatic carbocycles. The molecule has 64 heavy (non-hydrogen) atoms. The Morgan fingerprint density at radius 1 is 0.562 bits per heavy atom. The van der Waals surface area contributed by atoms with Crippen molar-refractivity contribution < 1.29 is 47.5 Å². The molecule has 2 N–H and O–H groups in total. The zero-order valence-electron chi connectivity index (χ0n) is 35.1. The zero-order chi connectivity index (χ0) is 44.4. The minimum absolute atomic E-state index is 0.0391. The van der Waals surface area contributed by atoms with E-state index >= 15 is 0 Å². The van der Waals surface area contributed by atoms with E-state index in [0.717, 1.165) is 62.2 Å². The van der Waals surface area contributed by atoms with Crippen molar-refractivity contribution >= 4 is 50.8 Å². The molecule has 0 bridgehead atoms. The van der Waals surface area contributed by atoms with Gasteiger partial charge in [0.15, 0.2) is 34.5 Å². The first-order valence-corrected chi connectivity index (χ1v) is 22.0. The molecule has 0 spiro atoms. The van der Waals surface area contributed by atoms with Crippen LogP contribution >= 0.6 is 15.9 Å². The molecular weight excluding hydrogens is 882 g/mol. The van der Waals surface area contributed by atoms with E-state index in [1.54, 1.807) is 34.9 Å². The molecule has 5 aliphatic rings. The molecule has 11 rings (SSSR count). The van der Waals surface area contributed by atoms with E-state index in [2.05, 4.69) is 15.9 Å². The zero-order valence-corrected chi connectivity index (χ0v) is 36.7. The number of nitrogen functional groups attached to an aromatic ring is 1. The Hall–Kier alpha value is -7.19. The Kier molecular flexibility index (Phi) is 13.8. The fraction of sp³-hybridized carbons (Fsp3) is 0.220. The van der Waals surface area contributed by atoms with Crippen molar-refractivity contribution in [2.45, 2.75) is 25.3 Å². The number of anilines is 3. The summed E-state index contributed by atoms with van der Waals surface area (Å²) in [6.45, 7) is 6.89. The number of hydrogen-bond donors (Lipinski definition) is 1. The second kappa shape index (κ2) is 20.3. The quantitative estimate of drug-likeness (QED) is 0.100. The number of amides is 2. The highest BCUT2D eigenvalue weighted by molar-refractivity contribution is 9.08. The molecule has 5 aliphatic heterocycles. The number of nitrogens with two attached hydrogens (primary N) is 1.